The van der Waals surface area contributed by atoms with Gasteiger partial charge in [0.15, 0.2) is 6.10 Å². The van der Waals surface area contributed by atoms with Crippen molar-refractivity contribution in [2.75, 3.05) is 26.4 Å². The third-order valence-electron chi connectivity index (χ3n) is 9.46. The van der Waals surface area contributed by atoms with Gasteiger partial charge in [-0.25, -0.2) is 4.57 Å². The van der Waals surface area contributed by atoms with Crippen molar-refractivity contribution in [3.63, 3.8) is 0 Å². The van der Waals surface area contributed by atoms with E-state index >= 15 is 0 Å². The molecule has 0 amide bonds. The molecule has 0 aliphatic rings. The molecule has 1 unspecified atom stereocenters. The number of ether oxygens (including phenoxy) is 2. The van der Waals surface area contributed by atoms with E-state index in [0.29, 0.717) is 6.42 Å². The first-order valence-electron chi connectivity index (χ1n) is 21.9. The van der Waals surface area contributed by atoms with Crippen molar-refractivity contribution in [2.45, 2.75) is 219 Å². The number of hydrogen-bond acceptors (Lipinski definition) is 7. The van der Waals surface area contributed by atoms with E-state index in [-0.39, 0.29) is 32.3 Å². The van der Waals surface area contributed by atoms with Crippen molar-refractivity contribution in [3.05, 3.63) is 24.5 Å². The molecular weight excluding hydrogens is 673 g/mol. The molecule has 8 nitrogen and oxygen atoms in total. The molecule has 9 heteroatoms. The van der Waals surface area contributed by atoms with Gasteiger partial charge in [0.1, 0.15) is 6.61 Å². The summed E-state index contributed by atoms with van der Waals surface area (Å²) in [6, 6.07) is 0. The van der Waals surface area contributed by atoms with Crippen molar-refractivity contribution in [3.8, 4) is 0 Å². The highest BCUT2D eigenvalue weighted by atomic mass is 31.2. The Bertz CT molecular complexity index is 853. The molecule has 0 rings (SSSR count). The topological polar surface area (TPSA) is 117 Å². The molecule has 0 fully saturated rings. The van der Waals surface area contributed by atoms with Crippen LogP contribution in [0.3, 0.4) is 0 Å². The molecule has 0 aliphatic heterocycles. The van der Waals surface area contributed by atoms with E-state index < -0.39 is 13.9 Å². The molecule has 0 saturated carbocycles. The Morgan fingerprint density at radius 3 is 1.42 bits per heavy atom. The van der Waals surface area contributed by atoms with Gasteiger partial charge in [-0.3, -0.25) is 13.8 Å². The third kappa shape index (κ3) is 40.0. The number of allylic oxidation sites excluding steroid dienone is 3. The van der Waals surface area contributed by atoms with Crippen LogP contribution in [0.1, 0.15) is 213 Å². The maximum atomic E-state index is 12.4. The van der Waals surface area contributed by atoms with Crippen LogP contribution < -0.4 is 5.73 Å². The Morgan fingerprint density at radius 2 is 0.981 bits per heavy atom. The summed E-state index contributed by atoms with van der Waals surface area (Å²) in [5, 5.41) is 0. The number of esters is 1. The third-order valence-corrected chi connectivity index (χ3v) is 10.4. The van der Waals surface area contributed by atoms with E-state index in [9.17, 15) is 14.3 Å². The quantitative estimate of drug-likeness (QED) is 0.0208. The molecule has 0 spiro atoms. The lowest BCUT2D eigenvalue weighted by molar-refractivity contribution is -0.147. The highest BCUT2D eigenvalue weighted by Crippen LogP contribution is 2.43. The fourth-order valence-corrected chi connectivity index (χ4v) is 6.92. The SMILES string of the molecule is CCCCCCCC/C=C\CCCCCCCCCCCC(=O)OC[C@H](COP(=O)(O)OCCN)O/C=C\CCCCCCCCCCCCCC. The maximum Gasteiger partial charge on any atom is 0.472 e. The average molecular weight is 758 g/mol. The molecule has 308 valence electrons. The predicted molar refractivity (Wildman–Crippen MR) is 219 cm³/mol. The summed E-state index contributed by atoms with van der Waals surface area (Å²) in [7, 11) is -4.26. The number of nitrogens with two attached hydrogens (primary N) is 1. The van der Waals surface area contributed by atoms with E-state index in [1.807, 2.05) is 6.08 Å². The van der Waals surface area contributed by atoms with Crippen LogP contribution in [0.25, 0.3) is 0 Å². The Kier molecular flexibility index (Phi) is 40.1. The summed E-state index contributed by atoms with van der Waals surface area (Å²) < 4.78 is 33.2. The number of phosphoric ester groups is 1. The van der Waals surface area contributed by atoms with Crippen molar-refractivity contribution in [1.82, 2.24) is 0 Å². The number of unbranched alkanes of at least 4 members (excludes halogenated alkanes) is 27. The largest absolute Gasteiger partial charge is 0.492 e. The van der Waals surface area contributed by atoms with Crippen molar-refractivity contribution in [1.29, 1.82) is 0 Å². The molecule has 52 heavy (non-hydrogen) atoms. The van der Waals surface area contributed by atoms with Gasteiger partial charge in [0.25, 0.3) is 0 Å². The van der Waals surface area contributed by atoms with Crippen LogP contribution in [0.4, 0.5) is 0 Å². The number of carbonyl (C=O) groups excluding carboxylic acids is 1. The Hall–Kier alpha value is -1.18. The number of carbonyl (C=O) groups is 1. The maximum absolute atomic E-state index is 12.4. The molecule has 0 bridgehead atoms. The fourth-order valence-electron chi connectivity index (χ4n) is 6.15. The molecule has 0 radical (unpaired) electrons. The van der Waals surface area contributed by atoms with E-state index in [1.54, 1.807) is 6.26 Å². The second-order valence-electron chi connectivity index (χ2n) is 14.6. The lowest BCUT2D eigenvalue weighted by Crippen LogP contribution is -2.25. The summed E-state index contributed by atoms with van der Waals surface area (Å²) in [6.45, 7) is 4.23. The van der Waals surface area contributed by atoms with Crippen LogP contribution in [0.15, 0.2) is 24.5 Å². The van der Waals surface area contributed by atoms with Crippen LogP contribution in [0, 0.1) is 0 Å². The summed E-state index contributed by atoms with van der Waals surface area (Å²) in [5.41, 5.74) is 5.36. The van der Waals surface area contributed by atoms with Gasteiger partial charge in [-0.15, -0.1) is 0 Å². The van der Waals surface area contributed by atoms with E-state index in [2.05, 4.69) is 26.0 Å². The van der Waals surface area contributed by atoms with Crippen LogP contribution in [-0.4, -0.2) is 43.3 Å². The first kappa shape index (κ1) is 50.8. The number of rotatable bonds is 42. The number of hydrogen-bond donors (Lipinski definition) is 2. The molecule has 3 N–H and O–H groups in total. The van der Waals surface area contributed by atoms with E-state index in [0.717, 1.165) is 32.1 Å². The van der Waals surface area contributed by atoms with Crippen LogP contribution in [0.5, 0.6) is 0 Å². The van der Waals surface area contributed by atoms with Gasteiger partial charge in [0, 0.05) is 13.0 Å². The summed E-state index contributed by atoms with van der Waals surface area (Å²) >= 11 is 0. The molecule has 0 aliphatic carbocycles. The first-order chi connectivity index (χ1) is 25.4. The van der Waals surface area contributed by atoms with E-state index in [1.165, 1.54) is 161 Å². The van der Waals surface area contributed by atoms with Crippen molar-refractivity contribution < 1.29 is 32.8 Å². The normalized spacial score (nSPS) is 13.6. The van der Waals surface area contributed by atoms with Gasteiger partial charge >= 0.3 is 13.8 Å². The molecule has 0 heterocycles. The average Bonchev–Trinajstić information content (AvgIpc) is 3.14. The highest BCUT2D eigenvalue weighted by molar-refractivity contribution is 7.47. The zero-order chi connectivity index (χ0) is 38.1. The van der Waals surface area contributed by atoms with Gasteiger partial charge < -0.3 is 20.1 Å². The zero-order valence-electron chi connectivity index (χ0n) is 34.1. The molecule has 0 saturated heterocycles. The van der Waals surface area contributed by atoms with Gasteiger partial charge in [-0.1, -0.05) is 174 Å². The Labute approximate surface area is 321 Å². The Morgan fingerprint density at radius 1 is 0.577 bits per heavy atom. The first-order valence-corrected chi connectivity index (χ1v) is 23.4. The highest BCUT2D eigenvalue weighted by Gasteiger charge is 2.24. The van der Waals surface area contributed by atoms with Crippen LogP contribution >= 0.6 is 7.82 Å². The molecule has 2 atom stereocenters. The lowest BCUT2D eigenvalue weighted by atomic mass is 10.0. The standard InChI is InChI=1S/C43H84NO7P/c1-3-5-7-9-11-13-15-17-19-20-21-22-23-24-26-28-30-32-34-36-43(45)49-40-42(41-51-52(46,47)50-39-37-44)48-38-35-33-31-29-27-25-18-16-14-12-10-8-6-4-2/h17,19,35,38,42H,3-16,18,20-34,36-37,39-41,44H2,1-2H3,(H,46,47)/b19-17-,38-35-/t42-/m1/s1. The van der Waals surface area contributed by atoms with Gasteiger partial charge in [-0.05, 0) is 51.0 Å². The molecular formula is C43H84NO7P. The zero-order valence-corrected chi connectivity index (χ0v) is 35.0. The monoisotopic (exact) mass is 758 g/mol. The minimum absolute atomic E-state index is 0.0619. The van der Waals surface area contributed by atoms with Crippen molar-refractivity contribution >= 4 is 13.8 Å². The summed E-state index contributed by atoms with van der Waals surface area (Å²) in [5.74, 6) is -0.290. The van der Waals surface area contributed by atoms with Crippen LogP contribution in [-0.2, 0) is 27.9 Å². The second kappa shape index (κ2) is 41.0. The molecule has 0 aromatic rings. The van der Waals surface area contributed by atoms with Gasteiger partial charge in [0.05, 0.1) is 19.5 Å². The Balaban J connectivity index is 4.02. The summed E-state index contributed by atoms with van der Waals surface area (Å²) in [4.78, 5) is 22.3. The van der Waals surface area contributed by atoms with Gasteiger partial charge in [-0.2, -0.15) is 0 Å². The van der Waals surface area contributed by atoms with Crippen LogP contribution in [0.2, 0.25) is 0 Å². The van der Waals surface area contributed by atoms with Gasteiger partial charge in [0.2, 0.25) is 0 Å². The number of phosphoric acid groups is 1. The molecule has 0 aromatic carbocycles. The minimum atomic E-state index is -4.26. The summed E-state index contributed by atoms with van der Waals surface area (Å²) in [6.07, 6.45) is 45.8. The smallest absolute Gasteiger partial charge is 0.472 e. The second-order valence-corrected chi connectivity index (χ2v) is 16.1. The van der Waals surface area contributed by atoms with Crippen molar-refractivity contribution in [2.24, 2.45) is 5.73 Å². The molecule has 0 aromatic heterocycles. The van der Waals surface area contributed by atoms with E-state index in [4.69, 9.17) is 24.3 Å². The fraction of sp³-hybridized carbons (Fsp3) is 0.884. The predicted octanol–water partition coefficient (Wildman–Crippen LogP) is 13.2. The minimum Gasteiger partial charge on any atom is -0.492 e. The lowest BCUT2D eigenvalue weighted by Gasteiger charge is -2.19.